The van der Waals surface area contributed by atoms with E-state index in [1.54, 1.807) is 6.33 Å². The van der Waals surface area contributed by atoms with Crippen LogP contribution in [-0.2, 0) is 13.0 Å². The van der Waals surface area contributed by atoms with Crippen LogP contribution in [0.1, 0.15) is 17.8 Å². The molecule has 0 saturated carbocycles. The Hall–Kier alpha value is -2.14. The van der Waals surface area contributed by atoms with E-state index in [4.69, 9.17) is 0 Å². The number of H-pyrrole nitrogens is 2. The van der Waals surface area contributed by atoms with Gasteiger partial charge in [-0.15, -0.1) is 0 Å². The number of rotatable bonds is 6. The van der Waals surface area contributed by atoms with Crippen molar-refractivity contribution in [2.24, 2.45) is 0 Å². The standard InChI is InChI=1S/C14H17N5/c1-3-11(12-6-8-16-13(12)4-1)9-15-7-2-5-14-17-10-18-19-14/h1,3-4,6,8,10,15-16H,2,5,7,9H2,(H,17,18,19). The monoisotopic (exact) mass is 255 g/mol. The number of fused-ring (bicyclic) bond motifs is 1. The number of hydrogen-bond donors (Lipinski definition) is 3. The van der Waals surface area contributed by atoms with Gasteiger partial charge in [-0.2, -0.15) is 5.10 Å². The van der Waals surface area contributed by atoms with Crippen LogP contribution in [0.25, 0.3) is 10.9 Å². The van der Waals surface area contributed by atoms with E-state index >= 15 is 0 Å². The smallest absolute Gasteiger partial charge is 0.137 e. The van der Waals surface area contributed by atoms with Crippen molar-refractivity contribution >= 4 is 10.9 Å². The molecule has 0 aliphatic carbocycles. The van der Waals surface area contributed by atoms with Crippen LogP contribution in [0.2, 0.25) is 0 Å². The Morgan fingerprint density at radius 3 is 3.11 bits per heavy atom. The molecule has 0 aliphatic rings. The van der Waals surface area contributed by atoms with Gasteiger partial charge >= 0.3 is 0 Å². The zero-order chi connectivity index (χ0) is 12.9. The van der Waals surface area contributed by atoms with Gasteiger partial charge in [0.25, 0.3) is 0 Å². The number of benzene rings is 1. The summed E-state index contributed by atoms with van der Waals surface area (Å²) in [5, 5.41) is 11.5. The molecule has 0 spiro atoms. The lowest BCUT2D eigenvalue weighted by molar-refractivity contribution is 0.641. The minimum atomic E-state index is 0.894. The summed E-state index contributed by atoms with van der Waals surface area (Å²) in [7, 11) is 0. The van der Waals surface area contributed by atoms with Crippen LogP contribution in [0.5, 0.6) is 0 Å². The Morgan fingerprint density at radius 2 is 2.21 bits per heavy atom. The Labute approximate surface area is 111 Å². The highest BCUT2D eigenvalue weighted by Gasteiger charge is 2.01. The predicted octanol–water partition coefficient (Wildman–Crippen LogP) is 2.01. The van der Waals surface area contributed by atoms with Gasteiger partial charge in [-0.3, -0.25) is 5.10 Å². The van der Waals surface area contributed by atoms with Gasteiger partial charge < -0.3 is 10.3 Å². The van der Waals surface area contributed by atoms with Crippen molar-refractivity contribution in [1.82, 2.24) is 25.5 Å². The number of nitrogens with one attached hydrogen (secondary N) is 3. The summed E-state index contributed by atoms with van der Waals surface area (Å²) in [6.45, 7) is 1.87. The summed E-state index contributed by atoms with van der Waals surface area (Å²) < 4.78 is 0. The molecule has 0 aliphatic heterocycles. The lowest BCUT2D eigenvalue weighted by Crippen LogP contribution is -2.15. The molecule has 0 fully saturated rings. The number of aromatic amines is 2. The van der Waals surface area contributed by atoms with E-state index < -0.39 is 0 Å². The second-order valence-corrected chi connectivity index (χ2v) is 4.57. The van der Waals surface area contributed by atoms with Crippen LogP contribution in [0, 0.1) is 0 Å². The Balaban J connectivity index is 1.48. The van der Waals surface area contributed by atoms with Gasteiger partial charge in [0.1, 0.15) is 12.2 Å². The van der Waals surface area contributed by atoms with Gasteiger partial charge in [0.05, 0.1) is 0 Å². The first kappa shape index (κ1) is 11.9. The van der Waals surface area contributed by atoms with Crippen molar-refractivity contribution in [2.45, 2.75) is 19.4 Å². The summed E-state index contributed by atoms with van der Waals surface area (Å²) in [5.74, 6) is 0.953. The van der Waals surface area contributed by atoms with Crippen LogP contribution in [0.3, 0.4) is 0 Å². The fraction of sp³-hybridized carbons (Fsp3) is 0.286. The average Bonchev–Trinajstić information content (AvgIpc) is 3.09. The SMILES string of the molecule is c1cc(CNCCCc2ncn[nH]2)c2cc[nH]c2c1. The van der Waals surface area contributed by atoms with Crippen molar-refractivity contribution in [2.75, 3.05) is 6.54 Å². The second-order valence-electron chi connectivity index (χ2n) is 4.57. The number of aryl methyl sites for hydroxylation is 1. The molecule has 3 rings (SSSR count). The van der Waals surface area contributed by atoms with Crippen LogP contribution in [-0.4, -0.2) is 26.7 Å². The normalized spacial score (nSPS) is 11.2. The highest BCUT2D eigenvalue weighted by atomic mass is 15.2. The number of aromatic nitrogens is 4. The first-order chi connectivity index (χ1) is 9.43. The Morgan fingerprint density at radius 1 is 1.21 bits per heavy atom. The molecule has 2 heterocycles. The molecule has 0 radical (unpaired) electrons. The summed E-state index contributed by atoms with van der Waals surface area (Å²) in [6, 6.07) is 8.48. The summed E-state index contributed by atoms with van der Waals surface area (Å²) in [4.78, 5) is 7.34. The van der Waals surface area contributed by atoms with Crippen LogP contribution in [0.4, 0.5) is 0 Å². The number of nitrogens with zero attached hydrogens (tertiary/aromatic N) is 2. The zero-order valence-corrected chi connectivity index (χ0v) is 10.7. The lowest BCUT2D eigenvalue weighted by atomic mass is 10.1. The average molecular weight is 255 g/mol. The molecule has 0 saturated heterocycles. The largest absolute Gasteiger partial charge is 0.361 e. The van der Waals surface area contributed by atoms with Gasteiger partial charge in [0, 0.05) is 30.1 Å². The molecule has 5 heteroatoms. The molecule has 1 aromatic carbocycles. The van der Waals surface area contributed by atoms with Gasteiger partial charge in [-0.1, -0.05) is 12.1 Å². The molecule has 0 atom stereocenters. The first-order valence-electron chi connectivity index (χ1n) is 6.53. The van der Waals surface area contributed by atoms with Crippen molar-refractivity contribution in [3.8, 4) is 0 Å². The molecular formula is C14H17N5. The molecule has 19 heavy (non-hydrogen) atoms. The molecule has 98 valence electrons. The predicted molar refractivity (Wildman–Crippen MR) is 74.7 cm³/mol. The van der Waals surface area contributed by atoms with E-state index in [2.05, 4.69) is 49.7 Å². The molecule has 5 nitrogen and oxygen atoms in total. The highest BCUT2D eigenvalue weighted by Crippen LogP contribution is 2.16. The van der Waals surface area contributed by atoms with E-state index in [1.165, 1.54) is 16.5 Å². The van der Waals surface area contributed by atoms with Crippen molar-refractivity contribution < 1.29 is 0 Å². The fourth-order valence-electron chi connectivity index (χ4n) is 2.26. The van der Waals surface area contributed by atoms with Gasteiger partial charge in [-0.25, -0.2) is 4.98 Å². The Kier molecular flexibility index (Phi) is 3.56. The quantitative estimate of drug-likeness (QED) is 0.590. The van der Waals surface area contributed by atoms with E-state index in [0.717, 1.165) is 31.8 Å². The minimum absolute atomic E-state index is 0.894. The third-order valence-corrected chi connectivity index (χ3v) is 3.23. The van der Waals surface area contributed by atoms with Crippen LogP contribution < -0.4 is 5.32 Å². The highest BCUT2D eigenvalue weighted by molar-refractivity contribution is 5.82. The van der Waals surface area contributed by atoms with Gasteiger partial charge in [-0.05, 0) is 30.7 Å². The lowest BCUT2D eigenvalue weighted by Gasteiger charge is -2.05. The van der Waals surface area contributed by atoms with Gasteiger partial charge in [0.2, 0.25) is 0 Å². The maximum Gasteiger partial charge on any atom is 0.137 e. The molecule has 0 amide bonds. The maximum atomic E-state index is 4.11. The van der Waals surface area contributed by atoms with Crippen molar-refractivity contribution in [1.29, 1.82) is 0 Å². The summed E-state index contributed by atoms with van der Waals surface area (Å²) in [6.07, 6.45) is 5.52. The van der Waals surface area contributed by atoms with E-state index in [-0.39, 0.29) is 0 Å². The zero-order valence-electron chi connectivity index (χ0n) is 10.7. The third-order valence-electron chi connectivity index (χ3n) is 3.23. The van der Waals surface area contributed by atoms with Crippen molar-refractivity contribution in [3.05, 3.63) is 48.2 Å². The van der Waals surface area contributed by atoms with Gasteiger partial charge in [0.15, 0.2) is 0 Å². The van der Waals surface area contributed by atoms with Crippen LogP contribution >= 0.6 is 0 Å². The molecule has 2 aromatic heterocycles. The molecule has 3 N–H and O–H groups in total. The van der Waals surface area contributed by atoms with Crippen LogP contribution in [0.15, 0.2) is 36.8 Å². The third kappa shape index (κ3) is 2.82. The Bertz CT molecular complexity index is 626. The van der Waals surface area contributed by atoms with E-state index in [9.17, 15) is 0 Å². The fourth-order valence-corrected chi connectivity index (χ4v) is 2.26. The second kappa shape index (κ2) is 5.67. The molecule has 3 aromatic rings. The topological polar surface area (TPSA) is 69.4 Å². The first-order valence-corrected chi connectivity index (χ1v) is 6.53. The number of hydrogen-bond acceptors (Lipinski definition) is 3. The molecule has 0 unspecified atom stereocenters. The molecule has 0 bridgehead atoms. The minimum Gasteiger partial charge on any atom is -0.361 e. The summed E-state index contributed by atoms with van der Waals surface area (Å²) >= 11 is 0. The maximum absolute atomic E-state index is 4.11. The van der Waals surface area contributed by atoms with E-state index in [1.807, 2.05) is 6.20 Å². The molecular weight excluding hydrogens is 238 g/mol. The van der Waals surface area contributed by atoms with Crippen molar-refractivity contribution in [3.63, 3.8) is 0 Å². The van der Waals surface area contributed by atoms with E-state index in [0.29, 0.717) is 0 Å². The summed E-state index contributed by atoms with van der Waals surface area (Å²) in [5.41, 5.74) is 2.53.